The van der Waals surface area contributed by atoms with Crippen molar-refractivity contribution in [3.63, 3.8) is 0 Å². The van der Waals surface area contributed by atoms with E-state index >= 15 is 0 Å². The number of hydrogen-bond donors (Lipinski definition) is 1. The lowest BCUT2D eigenvalue weighted by Crippen LogP contribution is -2.45. The number of carbonyl (C=O) groups excluding carboxylic acids is 2. The highest BCUT2D eigenvalue weighted by Gasteiger charge is 2.44. The maximum atomic E-state index is 13.0. The maximum absolute atomic E-state index is 13.0. The second kappa shape index (κ2) is 8.12. The zero-order chi connectivity index (χ0) is 21.2. The molecule has 1 N–H and O–H groups in total. The molecule has 0 radical (unpaired) electrons. The summed E-state index contributed by atoms with van der Waals surface area (Å²) in [6, 6.07) is 9.84. The number of ether oxygens (including phenoxy) is 2. The molecular weight excluding hydrogens is 396 g/mol. The zero-order valence-corrected chi connectivity index (χ0v) is 17.2. The number of sulfonamides is 1. The van der Waals surface area contributed by atoms with Crippen LogP contribution in [0.4, 0.5) is 5.69 Å². The van der Waals surface area contributed by atoms with Crippen LogP contribution in [0.15, 0.2) is 47.4 Å². The first-order valence-electron chi connectivity index (χ1n) is 8.94. The molecule has 0 saturated carbocycles. The first-order valence-corrected chi connectivity index (χ1v) is 10.4. The topological polar surface area (TPSA) is 102 Å². The summed E-state index contributed by atoms with van der Waals surface area (Å²) < 4.78 is 37.1. The molecule has 1 atom stereocenters. The van der Waals surface area contributed by atoms with Crippen molar-refractivity contribution in [1.82, 2.24) is 4.31 Å². The Morgan fingerprint density at radius 1 is 1.10 bits per heavy atom. The van der Waals surface area contributed by atoms with Crippen LogP contribution < -0.4 is 14.8 Å². The molecule has 0 aromatic heterocycles. The van der Waals surface area contributed by atoms with Gasteiger partial charge < -0.3 is 14.8 Å². The molecular formula is C20H22N2O6S. The number of hydrogen-bond acceptors (Lipinski definition) is 6. The van der Waals surface area contributed by atoms with Gasteiger partial charge in [-0.3, -0.25) is 9.59 Å². The van der Waals surface area contributed by atoms with Crippen LogP contribution in [0.3, 0.4) is 0 Å². The van der Waals surface area contributed by atoms with Crippen LogP contribution in [-0.2, 0) is 19.6 Å². The van der Waals surface area contributed by atoms with E-state index in [-0.39, 0.29) is 17.7 Å². The third-order valence-corrected chi connectivity index (χ3v) is 6.55. The predicted octanol–water partition coefficient (Wildman–Crippen LogP) is 2.33. The normalized spacial score (nSPS) is 16.6. The van der Waals surface area contributed by atoms with Gasteiger partial charge in [0, 0.05) is 12.5 Å². The van der Waals surface area contributed by atoms with Crippen LogP contribution in [0.25, 0.3) is 0 Å². The summed E-state index contributed by atoms with van der Waals surface area (Å²) in [5.41, 5.74) is 1.21. The lowest BCUT2D eigenvalue weighted by molar-refractivity contribution is -0.128. The van der Waals surface area contributed by atoms with E-state index in [9.17, 15) is 18.0 Å². The fourth-order valence-corrected chi connectivity index (χ4v) is 4.75. The minimum absolute atomic E-state index is 0.0293. The fraction of sp³-hybridized carbons (Fsp3) is 0.300. The number of benzene rings is 2. The Morgan fingerprint density at radius 3 is 2.41 bits per heavy atom. The second-order valence-electron chi connectivity index (χ2n) is 6.62. The summed E-state index contributed by atoms with van der Waals surface area (Å²) in [5, 5.41) is 2.66. The van der Waals surface area contributed by atoms with E-state index in [0.717, 1.165) is 5.56 Å². The number of aryl methyl sites for hydroxylation is 1. The summed E-state index contributed by atoms with van der Waals surface area (Å²) in [6.07, 6.45) is 0.0699. The number of amides is 2. The molecule has 1 fully saturated rings. The monoisotopic (exact) mass is 418 g/mol. The van der Waals surface area contributed by atoms with Crippen molar-refractivity contribution >= 4 is 27.5 Å². The van der Waals surface area contributed by atoms with Crippen LogP contribution in [0.1, 0.15) is 18.4 Å². The number of anilines is 1. The van der Waals surface area contributed by atoms with Gasteiger partial charge in [-0.2, -0.15) is 0 Å². The Morgan fingerprint density at radius 2 is 1.79 bits per heavy atom. The van der Waals surface area contributed by atoms with E-state index in [0.29, 0.717) is 21.5 Å². The Balaban J connectivity index is 1.91. The van der Waals surface area contributed by atoms with Gasteiger partial charge in [0.25, 0.3) is 10.0 Å². The summed E-state index contributed by atoms with van der Waals surface area (Å²) in [5.74, 6) is -0.342. The van der Waals surface area contributed by atoms with Gasteiger partial charge in [-0.1, -0.05) is 17.7 Å². The lowest BCUT2D eigenvalue weighted by atomic mass is 10.2. The average Bonchev–Trinajstić information content (AvgIpc) is 3.10. The van der Waals surface area contributed by atoms with E-state index in [4.69, 9.17) is 9.47 Å². The molecule has 0 spiro atoms. The molecule has 0 aliphatic carbocycles. The van der Waals surface area contributed by atoms with Crippen LogP contribution in [-0.4, -0.2) is 44.8 Å². The number of carbonyl (C=O) groups is 2. The van der Waals surface area contributed by atoms with Gasteiger partial charge in [-0.25, -0.2) is 12.7 Å². The van der Waals surface area contributed by atoms with Gasteiger partial charge in [-0.15, -0.1) is 0 Å². The van der Waals surface area contributed by atoms with Crippen LogP contribution in [0.5, 0.6) is 11.5 Å². The predicted molar refractivity (Wildman–Crippen MR) is 106 cm³/mol. The largest absolute Gasteiger partial charge is 0.497 e. The summed E-state index contributed by atoms with van der Waals surface area (Å²) in [7, 11) is -1.22. The van der Waals surface area contributed by atoms with Gasteiger partial charge in [-0.05, 0) is 37.6 Å². The van der Waals surface area contributed by atoms with Crippen LogP contribution in [0, 0.1) is 6.92 Å². The average molecular weight is 418 g/mol. The van der Waals surface area contributed by atoms with Crippen molar-refractivity contribution in [1.29, 1.82) is 0 Å². The SMILES string of the molecule is COc1ccc(OC)c(NC(=O)[C@@H]2CCC(=O)N2S(=O)(=O)c2ccc(C)cc2)c1. The third-order valence-electron chi connectivity index (χ3n) is 4.71. The molecule has 2 aromatic carbocycles. The molecule has 154 valence electrons. The van der Waals surface area contributed by atoms with E-state index in [1.54, 1.807) is 30.3 Å². The maximum Gasteiger partial charge on any atom is 0.267 e. The highest BCUT2D eigenvalue weighted by atomic mass is 32.2. The molecule has 2 amide bonds. The molecule has 0 unspecified atom stereocenters. The third kappa shape index (κ3) is 4.04. The van der Waals surface area contributed by atoms with Crippen molar-refractivity contribution < 1.29 is 27.5 Å². The number of rotatable bonds is 6. The molecule has 3 rings (SSSR count). The Bertz CT molecular complexity index is 1030. The Kier molecular flexibility index (Phi) is 5.78. The zero-order valence-electron chi connectivity index (χ0n) is 16.3. The Labute approximate surface area is 169 Å². The van der Waals surface area contributed by atoms with Crippen molar-refractivity contribution in [2.45, 2.75) is 30.7 Å². The van der Waals surface area contributed by atoms with E-state index < -0.39 is 27.9 Å². The van der Waals surface area contributed by atoms with Gasteiger partial charge in [0.1, 0.15) is 17.5 Å². The molecule has 1 aliphatic heterocycles. The first-order chi connectivity index (χ1) is 13.8. The van der Waals surface area contributed by atoms with Crippen molar-refractivity contribution in [3.8, 4) is 11.5 Å². The number of methoxy groups -OCH3 is 2. The summed E-state index contributed by atoms with van der Waals surface area (Å²) >= 11 is 0. The molecule has 1 saturated heterocycles. The highest BCUT2D eigenvalue weighted by Crippen LogP contribution is 2.32. The number of nitrogens with one attached hydrogen (secondary N) is 1. The molecule has 29 heavy (non-hydrogen) atoms. The quantitative estimate of drug-likeness (QED) is 0.773. The second-order valence-corrected chi connectivity index (χ2v) is 8.43. The smallest absolute Gasteiger partial charge is 0.267 e. The molecule has 2 aromatic rings. The van der Waals surface area contributed by atoms with Gasteiger partial charge in [0.15, 0.2) is 0 Å². The molecule has 1 heterocycles. The van der Waals surface area contributed by atoms with E-state index in [1.807, 2.05) is 6.92 Å². The van der Waals surface area contributed by atoms with Gasteiger partial charge in [0.05, 0.1) is 24.8 Å². The first kappa shape index (κ1) is 20.7. The standard InChI is InChI=1S/C20H22N2O6S/c1-13-4-7-15(8-5-13)29(25,26)22-17(9-11-19(22)23)20(24)21-16-12-14(27-2)6-10-18(16)28-3/h4-8,10,12,17H,9,11H2,1-3H3,(H,21,24)/t17-/m0/s1. The van der Waals surface area contributed by atoms with Gasteiger partial charge >= 0.3 is 0 Å². The molecule has 0 bridgehead atoms. The minimum Gasteiger partial charge on any atom is -0.497 e. The van der Waals surface area contributed by atoms with E-state index in [2.05, 4.69) is 5.32 Å². The van der Waals surface area contributed by atoms with Crippen LogP contribution in [0.2, 0.25) is 0 Å². The minimum atomic E-state index is -4.15. The van der Waals surface area contributed by atoms with Crippen LogP contribution >= 0.6 is 0 Å². The Hall–Kier alpha value is -3.07. The number of nitrogens with zero attached hydrogens (tertiary/aromatic N) is 1. The molecule has 9 heteroatoms. The van der Waals surface area contributed by atoms with Crippen molar-refractivity contribution in [3.05, 3.63) is 48.0 Å². The summed E-state index contributed by atoms with van der Waals surface area (Å²) in [6.45, 7) is 1.83. The van der Waals surface area contributed by atoms with Crippen molar-refractivity contribution in [2.75, 3.05) is 19.5 Å². The van der Waals surface area contributed by atoms with Gasteiger partial charge in [0.2, 0.25) is 11.8 Å². The van der Waals surface area contributed by atoms with E-state index in [1.165, 1.54) is 26.4 Å². The van der Waals surface area contributed by atoms with Crippen molar-refractivity contribution in [2.24, 2.45) is 0 Å². The lowest BCUT2D eigenvalue weighted by Gasteiger charge is -2.24. The fourth-order valence-electron chi connectivity index (χ4n) is 3.15. The summed E-state index contributed by atoms with van der Waals surface area (Å²) in [4.78, 5) is 25.2. The highest BCUT2D eigenvalue weighted by molar-refractivity contribution is 7.89. The molecule has 1 aliphatic rings. The molecule has 8 nitrogen and oxygen atoms in total.